The van der Waals surface area contributed by atoms with E-state index in [1.807, 2.05) is 0 Å². The van der Waals surface area contributed by atoms with Gasteiger partial charge in [-0.2, -0.15) is 0 Å². The molecular weight excluding hydrogens is 260 g/mol. The number of carboxylic acid groups (broad SMARTS) is 1. The van der Waals surface area contributed by atoms with Gasteiger partial charge in [-0.1, -0.05) is 0 Å². The molecule has 6 heteroatoms. The highest BCUT2D eigenvalue weighted by Crippen LogP contribution is 2.28. The maximum absolute atomic E-state index is 11.5. The van der Waals surface area contributed by atoms with Gasteiger partial charge < -0.3 is 15.2 Å². The molecule has 0 spiro atoms. The number of ether oxygens (including phenoxy) is 1. The summed E-state index contributed by atoms with van der Waals surface area (Å²) in [7, 11) is 1.33. The van der Waals surface area contributed by atoms with Gasteiger partial charge in [-0.15, -0.1) is 0 Å². The molecule has 1 fully saturated rings. The van der Waals surface area contributed by atoms with Gasteiger partial charge in [0.2, 0.25) is 0 Å². The van der Waals surface area contributed by atoms with Gasteiger partial charge in [0.05, 0.1) is 24.3 Å². The van der Waals surface area contributed by atoms with E-state index in [0.717, 1.165) is 6.42 Å². The minimum Gasteiger partial charge on any atom is -0.481 e. The zero-order valence-electron chi connectivity index (χ0n) is 11.5. The summed E-state index contributed by atoms with van der Waals surface area (Å²) in [5.74, 6) is -0.762. The Bertz CT molecular complexity index is 530. The van der Waals surface area contributed by atoms with Crippen LogP contribution < -0.4 is 5.32 Å². The molecule has 0 radical (unpaired) electrons. The number of anilines is 1. The van der Waals surface area contributed by atoms with E-state index < -0.39 is 11.9 Å². The number of aromatic nitrogens is 1. The minimum atomic E-state index is -0.737. The lowest BCUT2D eigenvalue weighted by Crippen LogP contribution is -2.19. The van der Waals surface area contributed by atoms with Crippen LogP contribution in [0.1, 0.15) is 35.3 Å². The number of hydrogen-bond acceptors (Lipinski definition) is 5. The number of carbonyl (C=O) groups is 2. The Morgan fingerprint density at radius 1 is 1.40 bits per heavy atom. The SMILES string of the molecule is COC(=O)c1ccc(N[C@H]2CC[C@@H](C(=O)O)C2)nc1C. The van der Waals surface area contributed by atoms with Gasteiger partial charge in [-0.25, -0.2) is 9.78 Å². The number of aliphatic carboxylic acids is 1. The number of carbonyl (C=O) groups excluding carboxylic acids is 1. The van der Waals surface area contributed by atoms with Gasteiger partial charge in [0.15, 0.2) is 0 Å². The van der Waals surface area contributed by atoms with Crippen LogP contribution in [0.4, 0.5) is 5.82 Å². The molecule has 2 atom stereocenters. The first-order chi connectivity index (χ1) is 9.51. The number of carboxylic acids is 1. The minimum absolute atomic E-state index is 0.118. The Morgan fingerprint density at radius 2 is 2.15 bits per heavy atom. The Labute approximate surface area is 117 Å². The fourth-order valence-electron chi connectivity index (χ4n) is 2.51. The van der Waals surface area contributed by atoms with Crippen molar-refractivity contribution in [3.8, 4) is 0 Å². The van der Waals surface area contributed by atoms with Gasteiger partial charge in [0, 0.05) is 6.04 Å². The summed E-state index contributed by atoms with van der Waals surface area (Å²) in [5, 5.41) is 12.2. The summed E-state index contributed by atoms with van der Waals surface area (Å²) >= 11 is 0. The number of rotatable bonds is 4. The number of aryl methyl sites for hydroxylation is 1. The third kappa shape index (κ3) is 3.07. The Kier molecular flexibility index (Phi) is 4.22. The number of pyridine rings is 1. The summed E-state index contributed by atoms with van der Waals surface area (Å²) in [5.41, 5.74) is 1.03. The van der Waals surface area contributed by atoms with Crippen molar-refractivity contribution >= 4 is 17.8 Å². The smallest absolute Gasteiger partial charge is 0.339 e. The van der Waals surface area contributed by atoms with E-state index in [1.54, 1.807) is 19.1 Å². The van der Waals surface area contributed by atoms with E-state index in [1.165, 1.54) is 7.11 Å². The summed E-state index contributed by atoms with van der Waals surface area (Å²) in [4.78, 5) is 26.7. The Balaban J connectivity index is 2.03. The van der Waals surface area contributed by atoms with Crippen molar-refractivity contribution < 1.29 is 19.4 Å². The highest BCUT2D eigenvalue weighted by atomic mass is 16.5. The standard InChI is InChI=1S/C14H18N2O4/c1-8-11(14(19)20-2)5-6-12(15-8)16-10-4-3-9(7-10)13(17)18/h5-6,9-10H,3-4,7H2,1-2H3,(H,15,16)(H,17,18)/t9-,10+/m1/s1. The Morgan fingerprint density at radius 3 is 2.70 bits per heavy atom. The summed E-state index contributed by atoms with van der Waals surface area (Å²) in [6, 6.07) is 3.50. The van der Waals surface area contributed by atoms with Gasteiger partial charge in [0.1, 0.15) is 5.82 Å². The second kappa shape index (κ2) is 5.90. The number of hydrogen-bond donors (Lipinski definition) is 2. The molecule has 0 unspecified atom stereocenters. The molecule has 1 aliphatic rings. The van der Waals surface area contributed by atoms with Crippen molar-refractivity contribution in [2.75, 3.05) is 12.4 Å². The van der Waals surface area contributed by atoms with Crippen LogP contribution >= 0.6 is 0 Å². The molecule has 2 rings (SSSR count). The van der Waals surface area contributed by atoms with Crippen molar-refractivity contribution in [3.05, 3.63) is 23.4 Å². The number of methoxy groups -OCH3 is 1. The molecule has 6 nitrogen and oxygen atoms in total. The number of esters is 1. The molecule has 0 amide bonds. The molecule has 0 aromatic carbocycles. The van der Waals surface area contributed by atoms with Crippen LogP contribution in [0.2, 0.25) is 0 Å². The second-order valence-electron chi connectivity index (χ2n) is 5.01. The van der Waals surface area contributed by atoms with Crippen molar-refractivity contribution in [1.29, 1.82) is 0 Å². The molecule has 1 heterocycles. The maximum Gasteiger partial charge on any atom is 0.339 e. The van der Waals surface area contributed by atoms with Crippen LogP contribution in [0.3, 0.4) is 0 Å². The summed E-state index contributed by atoms with van der Waals surface area (Å²) in [6.07, 6.45) is 2.11. The zero-order valence-corrected chi connectivity index (χ0v) is 11.5. The van der Waals surface area contributed by atoms with Gasteiger partial charge in [0.25, 0.3) is 0 Å². The lowest BCUT2D eigenvalue weighted by molar-refractivity contribution is -0.141. The maximum atomic E-state index is 11.5. The monoisotopic (exact) mass is 278 g/mol. The van der Waals surface area contributed by atoms with Crippen LogP contribution in [0, 0.1) is 12.8 Å². The molecule has 1 aromatic heterocycles. The molecule has 2 N–H and O–H groups in total. The summed E-state index contributed by atoms with van der Waals surface area (Å²) < 4.78 is 4.67. The van der Waals surface area contributed by atoms with Crippen LogP contribution in [0.25, 0.3) is 0 Å². The first-order valence-corrected chi connectivity index (χ1v) is 6.56. The lowest BCUT2D eigenvalue weighted by atomic mass is 10.1. The predicted molar refractivity (Wildman–Crippen MR) is 72.7 cm³/mol. The van der Waals surface area contributed by atoms with E-state index >= 15 is 0 Å². The molecule has 108 valence electrons. The van der Waals surface area contributed by atoms with Crippen molar-refractivity contribution in [3.63, 3.8) is 0 Å². The highest BCUT2D eigenvalue weighted by molar-refractivity contribution is 5.90. The molecule has 1 aliphatic carbocycles. The van der Waals surface area contributed by atoms with Crippen molar-refractivity contribution in [2.24, 2.45) is 5.92 Å². The average Bonchev–Trinajstić information content (AvgIpc) is 2.87. The number of nitrogens with one attached hydrogen (secondary N) is 1. The van der Waals surface area contributed by atoms with E-state index in [0.29, 0.717) is 29.9 Å². The van der Waals surface area contributed by atoms with Crippen LogP contribution in [-0.2, 0) is 9.53 Å². The van der Waals surface area contributed by atoms with Crippen molar-refractivity contribution in [2.45, 2.75) is 32.2 Å². The fraction of sp³-hybridized carbons (Fsp3) is 0.500. The van der Waals surface area contributed by atoms with Gasteiger partial charge in [-0.3, -0.25) is 4.79 Å². The predicted octanol–water partition coefficient (Wildman–Crippen LogP) is 1.84. The number of nitrogens with zero attached hydrogens (tertiary/aromatic N) is 1. The lowest BCUT2D eigenvalue weighted by Gasteiger charge is -2.14. The zero-order chi connectivity index (χ0) is 14.7. The average molecular weight is 278 g/mol. The molecule has 1 aromatic rings. The topological polar surface area (TPSA) is 88.5 Å². The van der Waals surface area contributed by atoms with Gasteiger partial charge in [-0.05, 0) is 38.3 Å². The fourth-order valence-corrected chi connectivity index (χ4v) is 2.51. The van der Waals surface area contributed by atoms with E-state index in [9.17, 15) is 9.59 Å². The van der Waals surface area contributed by atoms with Crippen LogP contribution in [-0.4, -0.2) is 35.2 Å². The van der Waals surface area contributed by atoms with E-state index in [-0.39, 0.29) is 12.0 Å². The Hall–Kier alpha value is -2.11. The summed E-state index contributed by atoms with van der Waals surface area (Å²) in [6.45, 7) is 1.74. The quantitative estimate of drug-likeness (QED) is 0.817. The normalized spacial score (nSPS) is 21.5. The molecule has 1 saturated carbocycles. The first kappa shape index (κ1) is 14.3. The van der Waals surface area contributed by atoms with Crippen LogP contribution in [0.5, 0.6) is 0 Å². The molecule has 0 bridgehead atoms. The largest absolute Gasteiger partial charge is 0.481 e. The van der Waals surface area contributed by atoms with Crippen molar-refractivity contribution in [1.82, 2.24) is 4.98 Å². The van der Waals surface area contributed by atoms with E-state index in [4.69, 9.17) is 5.11 Å². The second-order valence-corrected chi connectivity index (χ2v) is 5.01. The first-order valence-electron chi connectivity index (χ1n) is 6.56. The molecule has 20 heavy (non-hydrogen) atoms. The van der Waals surface area contributed by atoms with Gasteiger partial charge >= 0.3 is 11.9 Å². The third-order valence-electron chi connectivity index (χ3n) is 3.62. The molecule has 0 saturated heterocycles. The van der Waals surface area contributed by atoms with E-state index in [2.05, 4.69) is 15.0 Å². The highest BCUT2D eigenvalue weighted by Gasteiger charge is 2.29. The third-order valence-corrected chi connectivity index (χ3v) is 3.62. The molecular formula is C14H18N2O4. The molecule has 0 aliphatic heterocycles. The van der Waals surface area contributed by atoms with Crippen LogP contribution in [0.15, 0.2) is 12.1 Å².